The number of aryl methyl sites for hydroxylation is 2. The topological polar surface area (TPSA) is 49.4 Å². The third-order valence-electron chi connectivity index (χ3n) is 7.26. The van der Waals surface area contributed by atoms with Gasteiger partial charge in [-0.1, -0.05) is 90.6 Å². The van der Waals surface area contributed by atoms with Crippen LogP contribution in [0.3, 0.4) is 0 Å². The SMILES string of the molecule is Cc1ccc(CC(=O)N(Cc2ccc(Cl)cc2Cl)[C@@H](Cc2ccccc2)C(=O)NC2CCCC2)cc1C. The molecule has 4 rings (SSSR count). The number of nitrogens with one attached hydrogen (secondary N) is 1. The third-order valence-corrected chi connectivity index (χ3v) is 7.84. The Balaban J connectivity index is 1.69. The van der Waals surface area contributed by atoms with Crippen molar-refractivity contribution in [3.05, 3.63) is 105 Å². The van der Waals surface area contributed by atoms with Crippen LogP contribution in [0.1, 0.15) is 53.5 Å². The molecule has 0 aromatic heterocycles. The maximum absolute atomic E-state index is 13.9. The molecule has 1 aliphatic carbocycles. The summed E-state index contributed by atoms with van der Waals surface area (Å²) in [6, 6.07) is 20.7. The lowest BCUT2D eigenvalue weighted by Crippen LogP contribution is -2.52. The molecule has 3 aromatic carbocycles. The number of benzene rings is 3. The van der Waals surface area contributed by atoms with Crippen LogP contribution in [-0.2, 0) is 29.0 Å². The summed E-state index contributed by atoms with van der Waals surface area (Å²) in [5.74, 6) is -0.231. The molecule has 4 nitrogen and oxygen atoms in total. The molecule has 3 aromatic rings. The standard InChI is InChI=1S/C31H34Cl2N2O2/c1-21-12-13-24(16-22(21)2)18-30(36)35(20-25-14-15-26(32)19-28(25)33)29(17-23-8-4-3-5-9-23)31(37)34-27-10-6-7-11-27/h3-5,8-9,12-16,19,27,29H,6-7,10-11,17-18,20H2,1-2H3,(H,34,37)/t29-/m0/s1. The molecule has 0 spiro atoms. The summed E-state index contributed by atoms with van der Waals surface area (Å²) in [6.07, 6.45) is 4.80. The van der Waals surface area contributed by atoms with Gasteiger partial charge in [-0.3, -0.25) is 9.59 Å². The number of carbonyl (C=O) groups excluding carboxylic acids is 2. The molecule has 0 unspecified atom stereocenters. The van der Waals surface area contributed by atoms with Gasteiger partial charge in [-0.15, -0.1) is 0 Å². The number of nitrogens with zero attached hydrogens (tertiary/aromatic N) is 1. The Morgan fingerprint density at radius 2 is 1.65 bits per heavy atom. The first-order valence-corrected chi connectivity index (χ1v) is 13.7. The first-order chi connectivity index (χ1) is 17.8. The third kappa shape index (κ3) is 7.37. The number of amides is 2. The van der Waals surface area contributed by atoms with Crippen molar-refractivity contribution in [2.45, 2.75) is 71.0 Å². The first kappa shape index (κ1) is 27.2. The fourth-order valence-corrected chi connectivity index (χ4v) is 5.41. The molecule has 37 heavy (non-hydrogen) atoms. The molecule has 0 radical (unpaired) electrons. The lowest BCUT2D eigenvalue weighted by molar-refractivity contribution is -0.141. The Morgan fingerprint density at radius 3 is 2.32 bits per heavy atom. The van der Waals surface area contributed by atoms with Crippen LogP contribution in [0.2, 0.25) is 10.0 Å². The van der Waals surface area contributed by atoms with E-state index in [9.17, 15) is 9.59 Å². The van der Waals surface area contributed by atoms with E-state index in [-0.39, 0.29) is 30.8 Å². The highest BCUT2D eigenvalue weighted by molar-refractivity contribution is 6.35. The number of carbonyl (C=O) groups is 2. The molecular formula is C31H34Cl2N2O2. The summed E-state index contributed by atoms with van der Waals surface area (Å²) in [5.41, 5.74) is 5.00. The minimum Gasteiger partial charge on any atom is -0.352 e. The van der Waals surface area contributed by atoms with Gasteiger partial charge in [0.1, 0.15) is 6.04 Å². The Hall–Kier alpha value is -2.82. The van der Waals surface area contributed by atoms with Gasteiger partial charge in [0.05, 0.1) is 6.42 Å². The smallest absolute Gasteiger partial charge is 0.243 e. The summed E-state index contributed by atoms with van der Waals surface area (Å²) in [7, 11) is 0. The molecule has 6 heteroatoms. The molecule has 1 N–H and O–H groups in total. The van der Waals surface area contributed by atoms with Gasteiger partial charge in [0, 0.05) is 29.1 Å². The van der Waals surface area contributed by atoms with Crippen LogP contribution in [0.5, 0.6) is 0 Å². The maximum atomic E-state index is 13.9. The van der Waals surface area contributed by atoms with Crippen LogP contribution in [0, 0.1) is 13.8 Å². The van der Waals surface area contributed by atoms with Gasteiger partial charge in [-0.2, -0.15) is 0 Å². The zero-order valence-electron chi connectivity index (χ0n) is 21.5. The average molecular weight is 538 g/mol. The van der Waals surface area contributed by atoms with Crippen LogP contribution in [0.15, 0.2) is 66.7 Å². The monoisotopic (exact) mass is 536 g/mol. The van der Waals surface area contributed by atoms with Crippen LogP contribution < -0.4 is 5.32 Å². The van der Waals surface area contributed by atoms with Gasteiger partial charge in [-0.25, -0.2) is 0 Å². The van der Waals surface area contributed by atoms with E-state index in [1.54, 1.807) is 17.0 Å². The Morgan fingerprint density at radius 1 is 0.919 bits per heavy atom. The fraction of sp³-hybridized carbons (Fsp3) is 0.355. The van der Waals surface area contributed by atoms with Crippen molar-refractivity contribution in [3.63, 3.8) is 0 Å². The van der Waals surface area contributed by atoms with Gasteiger partial charge in [0.25, 0.3) is 0 Å². The average Bonchev–Trinajstić information content (AvgIpc) is 3.38. The van der Waals surface area contributed by atoms with E-state index in [1.165, 1.54) is 5.56 Å². The van der Waals surface area contributed by atoms with E-state index in [0.717, 1.165) is 47.9 Å². The van der Waals surface area contributed by atoms with E-state index in [4.69, 9.17) is 23.2 Å². The van der Waals surface area contributed by atoms with E-state index >= 15 is 0 Å². The molecule has 0 aliphatic heterocycles. The van der Waals surface area contributed by atoms with Gasteiger partial charge in [-0.05, 0) is 66.6 Å². The van der Waals surface area contributed by atoms with Gasteiger partial charge < -0.3 is 10.2 Å². The highest BCUT2D eigenvalue weighted by Crippen LogP contribution is 2.25. The molecule has 2 amide bonds. The summed E-state index contributed by atoms with van der Waals surface area (Å²) in [4.78, 5) is 29.4. The number of halogens is 2. The van der Waals surface area contributed by atoms with Gasteiger partial charge >= 0.3 is 0 Å². The van der Waals surface area contributed by atoms with Crippen molar-refractivity contribution < 1.29 is 9.59 Å². The van der Waals surface area contributed by atoms with E-state index in [2.05, 4.69) is 12.2 Å². The van der Waals surface area contributed by atoms with Crippen molar-refractivity contribution in [3.8, 4) is 0 Å². The maximum Gasteiger partial charge on any atom is 0.243 e. The van der Waals surface area contributed by atoms with Crippen molar-refractivity contribution in [2.24, 2.45) is 0 Å². The van der Waals surface area contributed by atoms with Crippen LogP contribution >= 0.6 is 23.2 Å². The van der Waals surface area contributed by atoms with Crippen molar-refractivity contribution in [1.82, 2.24) is 10.2 Å². The van der Waals surface area contributed by atoms with E-state index in [0.29, 0.717) is 16.5 Å². The molecule has 1 aliphatic rings. The quantitative estimate of drug-likeness (QED) is 0.325. The largest absolute Gasteiger partial charge is 0.352 e. The summed E-state index contributed by atoms with van der Waals surface area (Å²) in [6.45, 7) is 4.32. The van der Waals surface area contributed by atoms with Crippen LogP contribution in [0.25, 0.3) is 0 Å². The molecule has 0 bridgehead atoms. The zero-order chi connectivity index (χ0) is 26.4. The van der Waals surface area contributed by atoms with E-state index in [1.807, 2.05) is 61.5 Å². The predicted molar refractivity (Wildman–Crippen MR) is 151 cm³/mol. The van der Waals surface area contributed by atoms with Crippen molar-refractivity contribution in [2.75, 3.05) is 0 Å². The normalized spacial score (nSPS) is 14.4. The van der Waals surface area contributed by atoms with Crippen molar-refractivity contribution >= 4 is 35.0 Å². The summed E-state index contributed by atoms with van der Waals surface area (Å²) in [5, 5.41) is 4.24. The minimum absolute atomic E-state index is 0.114. The number of hydrogen-bond acceptors (Lipinski definition) is 2. The predicted octanol–water partition coefficient (Wildman–Crippen LogP) is 6.85. The van der Waals surface area contributed by atoms with Crippen LogP contribution in [0.4, 0.5) is 0 Å². The first-order valence-electron chi connectivity index (χ1n) is 12.9. The summed E-state index contributed by atoms with van der Waals surface area (Å²) < 4.78 is 0. The molecule has 0 saturated heterocycles. The number of rotatable bonds is 9. The molecule has 1 fully saturated rings. The Kier molecular flexibility index (Phi) is 9.28. The second-order valence-corrected chi connectivity index (χ2v) is 10.9. The fourth-order valence-electron chi connectivity index (χ4n) is 4.94. The van der Waals surface area contributed by atoms with Crippen LogP contribution in [-0.4, -0.2) is 28.8 Å². The highest BCUT2D eigenvalue weighted by atomic mass is 35.5. The number of hydrogen-bond donors (Lipinski definition) is 1. The van der Waals surface area contributed by atoms with Gasteiger partial charge in [0.2, 0.25) is 11.8 Å². The zero-order valence-corrected chi connectivity index (χ0v) is 23.0. The second kappa shape index (κ2) is 12.6. The Labute approximate surface area is 230 Å². The second-order valence-electron chi connectivity index (χ2n) is 10.0. The lowest BCUT2D eigenvalue weighted by atomic mass is 10.00. The van der Waals surface area contributed by atoms with E-state index < -0.39 is 6.04 Å². The molecule has 194 valence electrons. The summed E-state index contributed by atoms with van der Waals surface area (Å²) >= 11 is 12.7. The molecule has 1 atom stereocenters. The Bertz CT molecular complexity index is 1240. The van der Waals surface area contributed by atoms with Crippen molar-refractivity contribution in [1.29, 1.82) is 0 Å². The lowest BCUT2D eigenvalue weighted by Gasteiger charge is -2.33. The van der Waals surface area contributed by atoms with Gasteiger partial charge in [0.15, 0.2) is 0 Å². The molecule has 0 heterocycles. The minimum atomic E-state index is -0.672. The highest BCUT2D eigenvalue weighted by Gasteiger charge is 2.32. The molecular weight excluding hydrogens is 503 g/mol. The molecule has 1 saturated carbocycles.